The van der Waals surface area contributed by atoms with Gasteiger partial charge in [0.2, 0.25) is 0 Å². The minimum absolute atomic E-state index is 0.0630. The molecular weight excluding hydrogens is 276 g/mol. The molecule has 1 amide bonds. The lowest BCUT2D eigenvalue weighted by atomic mass is 9.94. The highest BCUT2D eigenvalue weighted by Crippen LogP contribution is 2.27. The first-order valence-electron chi connectivity index (χ1n) is 7.82. The molecule has 0 saturated carbocycles. The molecule has 0 aliphatic carbocycles. The number of pyridine rings is 1. The van der Waals surface area contributed by atoms with Gasteiger partial charge in [0.1, 0.15) is 5.60 Å². The summed E-state index contributed by atoms with van der Waals surface area (Å²) in [5, 5.41) is 1.10. The standard InChI is InChI=1S/C18H22N2O2/c1-18(10-3-4-12-22-18)17(21)20(2)13-14-7-5-9-16-15(14)8-6-11-19-16/h5-9,11H,3-4,10,12-13H2,1-2H3. The van der Waals surface area contributed by atoms with Crippen molar-refractivity contribution in [2.75, 3.05) is 13.7 Å². The second-order valence-electron chi connectivity index (χ2n) is 6.18. The fourth-order valence-electron chi connectivity index (χ4n) is 3.14. The molecule has 22 heavy (non-hydrogen) atoms. The van der Waals surface area contributed by atoms with Crippen LogP contribution in [-0.2, 0) is 16.1 Å². The molecule has 1 aliphatic rings. The molecule has 1 unspecified atom stereocenters. The largest absolute Gasteiger partial charge is 0.365 e. The van der Waals surface area contributed by atoms with Crippen molar-refractivity contribution in [3.8, 4) is 0 Å². The number of carbonyl (C=O) groups excluding carboxylic acids is 1. The predicted octanol–water partition coefficient (Wildman–Crippen LogP) is 3.15. The van der Waals surface area contributed by atoms with E-state index in [1.807, 2.05) is 32.2 Å². The summed E-state index contributed by atoms with van der Waals surface area (Å²) in [6.07, 6.45) is 4.68. The minimum atomic E-state index is -0.671. The van der Waals surface area contributed by atoms with E-state index in [4.69, 9.17) is 4.74 Å². The van der Waals surface area contributed by atoms with Crippen LogP contribution in [0.5, 0.6) is 0 Å². The molecule has 1 aromatic heterocycles. The summed E-state index contributed by atoms with van der Waals surface area (Å²) in [5.41, 5.74) is 1.40. The Morgan fingerprint density at radius 2 is 2.18 bits per heavy atom. The number of hydrogen-bond donors (Lipinski definition) is 0. The molecule has 2 heterocycles. The zero-order valence-corrected chi connectivity index (χ0v) is 13.2. The maximum Gasteiger partial charge on any atom is 0.254 e. The third-order valence-electron chi connectivity index (χ3n) is 4.41. The van der Waals surface area contributed by atoms with Crippen molar-refractivity contribution in [2.24, 2.45) is 0 Å². The molecule has 1 saturated heterocycles. The van der Waals surface area contributed by atoms with Crippen molar-refractivity contribution in [1.82, 2.24) is 9.88 Å². The van der Waals surface area contributed by atoms with Crippen molar-refractivity contribution in [3.63, 3.8) is 0 Å². The van der Waals surface area contributed by atoms with Gasteiger partial charge in [-0.3, -0.25) is 9.78 Å². The Balaban J connectivity index is 1.81. The van der Waals surface area contributed by atoms with Gasteiger partial charge in [-0.25, -0.2) is 0 Å². The summed E-state index contributed by atoms with van der Waals surface area (Å²) in [6, 6.07) is 10.0. The number of rotatable bonds is 3. The van der Waals surface area contributed by atoms with Gasteiger partial charge in [-0.05, 0) is 43.9 Å². The Morgan fingerprint density at radius 1 is 1.32 bits per heavy atom. The summed E-state index contributed by atoms with van der Waals surface area (Å²) in [4.78, 5) is 18.9. The van der Waals surface area contributed by atoms with Crippen LogP contribution >= 0.6 is 0 Å². The fourth-order valence-corrected chi connectivity index (χ4v) is 3.14. The summed E-state index contributed by atoms with van der Waals surface area (Å²) in [5.74, 6) is 0.0630. The SMILES string of the molecule is CN(Cc1cccc2ncccc12)C(=O)C1(C)CCCCO1. The van der Waals surface area contributed by atoms with Crippen LogP contribution in [0.1, 0.15) is 31.7 Å². The molecule has 1 aromatic carbocycles. The third-order valence-corrected chi connectivity index (χ3v) is 4.41. The highest BCUT2D eigenvalue weighted by molar-refractivity contribution is 5.86. The Bertz CT molecular complexity index is 672. The molecule has 0 spiro atoms. The number of amides is 1. The minimum Gasteiger partial charge on any atom is -0.365 e. The molecular formula is C18H22N2O2. The van der Waals surface area contributed by atoms with Gasteiger partial charge in [-0.1, -0.05) is 18.2 Å². The van der Waals surface area contributed by atoms with E-state index < -0.39 is 5.60 Å². The van der Waals surface area contributed by atoms with Crippen LogP contribution in [0.25, 0.3) is 10.9 Å². The van der Waals surface area contributed by atoms with Crippen molar-refractivity contribution < 1.29 is 9.53 Å². The van der Waals surface area contributed by atoms with Gasteiger partial charge in [0.15, 0.2) is 0 Å². The first-order valence-corrected chi connectivity index (χ1v) is 7.82. The van der Waals surface area contributed by atoms with Crippen LogP contribution in [0.15, 0.2) is 36.5 Å². The van der Waals surface area contributed by atoms with Gasteiger partial charge in [0.25, 0.3) is 5.91 Å². The second kappa shape index (κ2) is 6.05. The Labute approximate surface area is 131 Å². The fraction of sp³-hybridized carbons (Fsp3) is 0.444. The second-order valence-corrected chi connectivity index (χ2v) is 6.18. The van der Waals surface area contributed by atoms with Gasteiger partial charge in [0.05, 0.1) is 5.52 Å². The maximum atomic E-state index is 12.7. The first kappa shape index (κ1) is 15.0. The van der Waals surface area contributed by atoms with Crippen molar-refractivity contribution in [1.29, 1.82) is 0 Å². The van der Waals surface area contributed by atoms with E-state index >= 15 is 0 Å². The van der Waals surface area contributed by atoms with E-state index in [1.54, 1.807) is 11.1 Å². The molecule has 0 N–H and O–H groups in total. The van der Waals surface area contributed by atoms with E-state index in [-0.39, 0.29) is 5.91 Å². The Hall–Kier alpha value is -1.94. The van der Waals surface area contributed by atoms with Crippen LogP contribution in [0.2, 0.25) is 0 Å². The lowest BCUT2D eigenvalue weighted by Gasteiger charge is -2.35. The average molecular weight is 298 g/mol. The zero-order chi connectivity index (χ0) is 15.6. The normalized spacial score (nSPS) is 21.7. The van der Waals surface area contributed by atoms with E-state index in [2.05, 4.69) is 17.1 Å². The predicted molar refractivity (Wildman–Crippen MR) is 86.4 cm³/mol. The molecule has 0 radical (unpaired) electrons. The first-order chi connectivity index (χ1) is 10.6. The number of benzene rings is 1. The Kier molecular flexibility index (Phi) is 4.12. The molecule has 1 aliphatic heterocycles. The number of fused-ring (bicyclic) bond motifs is 1. The molecule has 4 heteroatoms. The highest BCUT2D eigenvalue weighted by Gasteiger charge is 2.38. The molecule has 0 bridgehead atoms. The molecule has 1 atom stereocenters. The molecule has 1 fully saturated rings. The monoisotopic (exact) mass is 298 g/mol. The van der Waals surface area contributed by atoms with E-state index in [9.17, 15) is 4.79 Å². The van der Waals surface area contributed by atoms with Crippen LogP contribution in [0, 0.1) is 0 Å². The lowest BCUT2D eigenvalue weighted by Crippen LogP contribution is -2.48. The quantitative estimate of drug-likeness (QED) is 0.874. The van der Waals surface area contributed by atoms with Gasteiger partial charge >= 0.3 is 0 Å². The number of carbonyl (C=O) groups is 1. The molecule has 2 aromatic rings. The topological polar surface area (TPSA) is 42.4 Å². The van der Waals surface area contributed by atoms with E-state index in [1.165, 1.54) is 0 Å². The Morgan fingerprint density at radius 3 is 2.95 bits per heavy atom. The summed E-state index contributed by atoms with van der Waals surface area (Å²) in [6.45, 7) is 3.16. The lowest BCUT2D eigenvalue weighted by molar-refractivity contribution is -0.161. The van der Waals surface area contributed by atoms with Crippen LogP contribution in [0.3, 0.4) is 0 Å². The molecule has 116 valence electrons. The number of aromatic nitrogens is 1. The van der Waals surface area contributed by atoms with Crippen molar-refractivity contribution in [3.05, 3.63) is 42.1 Å². The van der Waals surface area contributed by atoms with E-state index in [0.717, 1.165) is 35.7 Å². The van der Waals surface area contributed by atoms with Crippen LogP contribution < -0.4 is 0 Å². The average Bonchev–Trinajstić information content (AvgIpc) is 2.55. The van der Waals surface area contributed by atoms with Crippen LogP contribution in [-0.4, -0.2) is 35.0 Å². The number of likely N-dealkylation sites (N-methyl/N-ethyl adjacent to an activating group) is 1. The number of hydrogen-bond acceptors (Lipinski definition) is 3. The van der Waals surface area contributed by atoms with Crippen molar-refractivity contribution in [2.45, 2.75) is 38.3 Å². The molecule has 3 rings (SSSR count). The maximum absolute atomic E-state index is 12.7. The smallest absolute Gasteiger partial charge is 0.254 e. The number of nitrogens with zero attached hydrogens (tertiary/aromatic N) is 2. The third kappa shape index (κ3) is 2.83. The zero-order valence-electron chi connectivity index (χ0n) is 13.2. The van der Waals surface area contributed by atoms with Crippen molar-refractivity contribution >= 4 is 16.8 Å². The van der Waals surface area contributed by atoms with Gasteiger partial charge in [-0.2, -0.15) is 0 Å². The van der Waals surface area contributed by atoms with E-state index in [0.29, 0.717) is 13.2 Å². The van der Waals surface area contributed by atoms with Gasteiger partial charge in [-0.15, -0.1) is 0 Å². The van der Waals surface area contributed by atoms with Crippen LogP contribution in [0.4, 0.5) is 0 Å². The molecule has 4 nitrogen and oxygen atoms in total. The van der Waals surface area contributed by atoms with Gasteiger partial charge < -0.3 is 9.64 Å². The summed E-state index contributed by atoms with van der Waals surface area (Å²) in [7, 11) is 1.85. The summed E-state index contributed by atoms with van der Waals surface area (Å²) < 4.78 is 5.77. The number of ether oxygens (including phenoxy) is 1. The summed E-state index contributed by atoms with van der Waals surface area (Å²) >= 11 is 0. The highest BCUT2D eigenvalue weighted by atomic mass is 16.5. The van der Waals surface area contributed by atoms with Gasteiger partial charge in [0, 0.05) is 31.8 Å².